The van der Waals surface area contributed by atoms with Gasteiger partial charge < -0.3 is 14.4 Å². The van der Waals surface area contributed by atoms with Gasteiger partial charge in [0.15, 0.2) is 11.5 Å². The molecule has 29 heavy (non-hydrogen) atoms. The molecule has 4 rings (SSSR count). The maximum atomic E-state index is 11.5. The van der Waals surface area contributed by atoms with E-state index in [1.54, 1.807) is 14.2 Å². The second kappa shape index (κ2) is 7.62. The minimum absolute atomic E-state index is 0.00787. The Hall–Kier alpha value is -2.10. The van der Waals surface area contributed by atoms with E-state index in [9.17, 15) is 8.42 Å². The van der Waals surface area contributed by atoms with Crippen LogP contribution in [0.5, 0.6) is 11.5 Å². The van der Waals surface area contributed by atoms with Crippen molar-refractivity contribution in [3.8, 4) is 11.5 Å². The summed E-state index contributed by atoms with van der Waals surface area (Å²) in [6, 6.07) is 5.94. The molecule has 1 saturated heterocycles. The predicted molar refractivity (Wildman–Crippen MR) is 113 cm³/mol. The van der Waals surface area contributed by atoms with E-state index in [2.05, 4.69) is 19.5 Å². The van der Waals surface area contributed by atoms with Gasteiger partial charge in [0, 0.05) is 61.6 Å². The molecule has 1 aromatic heterocycles. The second-order valence-electron chi connectivity index (χ2n) is 7.85. The first-order valence-electron chi connectivity index (χ1n) is 9.81. The topological polar surface area (TPSA) is 84.0 Å². The van der Waals surface area contributed by atoms with Crippen LogP contribution in [-0.4, -0.2) is 77.0 Å². The van der Waals surface area contributed by atoms with Crippen LogP contribution in [0, 0.1) is 0 Å². The van der Waals surface area contributed by atoms with Gasteiger partial charge in [-0.3, -0.25) is 9.88 Å². The summed E-state index contributed by atoms with van der Waals surface area (Å²) in [5.74, 6) is 1.36. The first kappa shape index (κ1) is 20.2. The fraction of sp³-hybridized carbons (Fsp3) is 0.550. The van der Waals surface area contributed by atoms with Crippen LogP contribution in [0.2, 0.25) is 0 Å². The van der Waals surface area contributed by atoms with E-state index >= 15 is 0 Å². The van der Waals surface area contributed by atoms with Crippen LogP contribution in [0.25, 0.3) is 10.9 Å². The molecular weight excluding hydrogens is 392 g/mol. The summed E-state index contributed by atoms with van der Waals surface area (Å²) in [6.07, 6.45) is 5.14. The molecule has 2 fully saturated rings. The van der Waals surface area contributed by atoms with E-state index in [0.717, 1.165) is 55.6 Å². The van der Waals surface area contributed by atoms with Crippen molar-refractivity contribution in [2.75, 3.05) is 58.1 Å². The average molecular weight is 421 g/mol. The Morgan fingerprint density at radius 3 is 2.34 bits per heavy atom. The third-order valence-corrected chi connectivity index (χ3v) is 6.67. The number of benzene rings is 1. The third kappa shape index (κ3) is 4.12. The predicted octanol–water partition coefficient (Wildman–Crippen LogP) is 1.46. The van der Waals surface area contributed by atoms with Gasteiger partial charge in [-0.05, 0) is 25.0 Å². The Balaban J connectivity index is 1.51. The SMILES string of the molecule is COc1cc2nccc(N3CCN(C4(CNS(C)(=O)=O)CC4)CC3)c2cc1OC. The molecule has 9 heteroatoms. The summed E-state index contributed by atoms with van der Waals surface area (Å²) in [5.41, 5.74) is 2.00. The van der Waals surface area contributed by atoms with E-state index in [0.29, 0.717) is 18.0 Å². The first-order valence-corrected chi connectivity index (χ1v) is 11.7. The monoisotopic (exact) mass is 420 g/mol. The molecule has 158 valence electrons. The minimum Gasteiger partial charge on any atom is -0.493 e. The van der Waals surface area contributed by atoms with Gasteiger partial charge in [-0.25, -0.2) is 13.1 Å². The lowest BCUT2D eigenvalue weighted by molar-refractivity contribution is 0.168. The van der Waals surface area contributed by atoms with E-state index in [4.69, 9.17) is 9.47 Å². The van der Waals surface area contributed by atoms with Crippen molar-refractivity contribution in [1.29, 1.82) is 0 Å². The maximum absolute atomic E-state index is 11.5. The van der Waals surface area contributed by atoms with Gasteiger partial charge in [-0.2, -0.15) is 0 Å². The summed E-state index contributed by atoms with van der Waals surface area (Å²) in [4.78, 5) is 9.30. The van der Waals surface area contributed by atoms with Crippen LogP contribution in [0.15, 0.2) is 24.4 Å². The number of pyridine rings is 1. The fourth-order valence-electron chi connectivity index (χ4n) is 4.17. The molecular formula is C20H28N4O4S. The van der Waals surface area contributed by atoms with Gasteiger partial charge in [0.1, 0.15) is 0 Å². The number of nitrogens with zero attached hydrogens (tertiary/aromatic N) is 3. The minimum atomic E-state index is -3.16. The van der Waals surface area contributed by atoms with Crippen LogP contribution in [0.3, 0.4) is 0 Å². The van der Waals surface area contributed by atoms with Crippen LogP contribution in [0.1, 0.15) is 12.8 Å². The zero-order chi connectivity index (χ0) is 20.6. The number of hydrogen-bond donors (Lipinski definition) is 1. The van der Waals surface area contributed by atoms with Gasteiger partial charge >= 0.3 is 0 Å². The Morgan fingerprint density at radius 1 is 1.10 bits per heavy atom. The molecule has 2 aliphatic rings. The van der Waals surface area contributed by atoms with Crippen LogP contribution in [0.4, 0.5) is 5.69 Å². The number of methoxy groups -OCH3 is 2. The molecule has 0 bridgehead atoms. The molecule has 2 aromatic rings. The number of ether oxygens (including phenoxy) is 2. The third-order valence-electron chi connectivity index (χ3n) is 6.01. The van der Waals surface area contributed by atoms with Crippen LogP contribution < -0.4 is 19.1 Å². The second-order valence-corrected chi connectivity index (χ2v) is 9.68. The number of anilines is 1. The molecule has 1 aliphatic heterocycles. The molecule has 8 nitrogen and oxygen atoms in total. The van der Waals surface area contributed by atoms with Crippen molar-refractivity contribution in [2.45, 2.75) is 18.4 Å². The van der Waals surface area contributed by atoms with Crippen LogP contribution in [-0.2, 0) is 10.0 Å². The zero-order valence-electron chi connectivity index (χ0n) is 17.1. The quantitative estimate of drug-likeness (QED) is 0.726. The zero-order valence-corrected chi connectivity index (χ0v) is 18.0. The number of piperazine rings is 1. The lowest BCUT2D eigenvalue weighted by Crippen LogP contribution is -2.54. The highest BCUT2D eigenvalue weighted by molar-refractivity contribution is 7.88. The first-order chi connectivity index (χ1) is 13.8. The summed E-state index contributed by atoms with van der Waals surface area (Å²) in [5, 5.41) is 1.04. The van der Waals surface area contributed by atoms with Crippen molar-refractivity contribution in [3.05, 3.63) is 24.4 Å². The molecule has 1 aliphatic carbocycles. The van der Waals surface area contributed by atoms with Gasteiger partial charge in [-0.1, -0.05) is 0 Å². The Kier molecular flexibility index (Phi) is 5.30. The summed E-state index contributed by atoms with van der Waals surface area (Å²) < 4.78 is 36.5. The van der Waals surface area contributed by atoms with Crippen molar-refractivity contribution in [1.82, 2.24) is 14.6 Å². The van der Waals surface area contributed by atoms with E-state index in [-0.39, 0.29) is 5.54 Å². The number of sulfonamides is 1. The van der Waals surface area contributed by atoms with E-state index < -0.39 is 10.0 Å². The van der Waals surface area contributed by atoms with Crippen molar-refractivity contribution >= 4 is 26.6 Å². The number of nitrogens with one attached hydrogen (secondary N) is 1. The molecule has 2 heterocycles. The normalized spacial score (nSPS) is 19.3. The number of hydrogen-bond acceptors (Lipinski definition) is 7. The Bertz CT molecular complexity index is 999. The van der Waals surface area contributed by atoms with E-state index in [1.807, 2.05) is 24.4 Å². The maximum Gasteiger partial charge on any atom is 0.208 e. The van der Waals surface area contributed by atoms with Crippen molar-refractivity contribution in [2.24, 2.45) is 0 Å². The molecule has 1 N–H and O–H groups in total. The molecule has 0 radical (unpaired) electrons. The molecule has 1 aromatic carbocycles. The van der Waals surface area contributed by atoms with Crippen LogP contribution >= 0.6 is 0 Å². The van der Waals surface area contributed by atoms with Gasteiger partial charge in [0.2, 0.25) is 10.0 Å². The van der Waals surface area contributed by atoms with E-state index in [1.165, 1.54) is 6.26 Å². The molecule has 0 spiro atoms. The number of aromatic nitrogens is 1. The largest absolute Gasteiger partial charge is 0.493 e. The Labute approximate surface area is 171 Å². The van der Waals surface area contributed by atoms with Gasteiger partial charge in [0.05, 0.1) is 26.0 Å². The molecule has 0 unspecified atom stereocenters. The lowest BCUT2D eigenvalue weighted by Gasteiger charge is -2.41. The lowest BCUT2D eigenvalue weighted by atomic mass is 10.1. The fourth-order valence-corrected chi connectivity index (χ4v) is 4.70. The number of fused-ring (bicyclic) bond motifs is 1. The van der Waals surface area contributed by atoms with Crippen molar-refractivity contribution in [3.63, 3.8) is 0 Å². The summed E-state index contributed by atoms with van der Waals surface area (Å²) in [7, 11) is 0.0985. The average Bonchev–Trinajstić information content (AvgIpc) is 3.51. The standard InChI is InChI=1S/C20H28N4O4S/c1-27-18-12-15-16(13-19(18)28-2)21-7-4-17(15)23-8-10-24(11-9-23)20(5-6-20)14-22-29(3,25)26/h4,7,12-13,22H,5-6,8-11,14H2,1-3H3. The highest BCUT2D eigenvalue weighted by atomic mass is 32.2. The summed E-state index contributed by atoms with van der Waals surface area (Å²) in [6.45, 7) is 4.08. The van der Waals surface area contributed by atoms with Gasteiger partial charge in [0.25, 0.3) is 0 Å². The van der Waals surface area contributed by atoms with Crippen molar-refractivity contribution < 1.29 is 17.9 Å². The Morgan fingerprint density at radius 2 is 1.76 bits per heavy atom. The highest BCUT2D eigenvalue weighted by Gasteiger charge is 2.48. The molecule has 1 saturated carbocycles. The highest BCUT2D eigenvalue weighted by Crippen LogP contribution is 2.42. The summed E-state index contributed by atoms with van der Waals surface area (Å²) >= 11 is 0. The molecule has 0 atom stereocenters. The smallest absolute Gasteiger partial charge is 0.208 e. The number of rotatable bonds is 7. The van der Waals surface area contributed by atoms with Gasteiger partial charge in [-0.15, -0.1) is 0 Å². The molecule has 0 amide bonds.